The van der Waals surface area contributed by atoms with Gasteiger partial charge in [-0.05, 0) is 47.9 Å². The molecule has 0 amide bonds. The summed E-state index contributed by atoms with van der Waals surface area (Å²) in [5.74, 6) is 0.591. The Bertz CT molecular complexity index is 2320. The molecule has 11 nitrogen and oxygen atoms in total. The highest BCUT2D eigenvalue weighted by Crippen LogP contribution is 2.36. The lowest BCUT2D eigenvalue weighted by atomic mass is 10.1. The highest BCUT2D eigenvalue weighted by Gasteiger charge is 2.37. The van der Waals surface area contributed by atoms with Crippen molar-refractivity contribution in [2.24, 2.45) is 0 Å². The van der Waals surface area contributed by atoms with Gasteiger partial charge in [0.15, 0.2) is 6.19 Å². The Labute approximate surface area is 277 Å². The third-order valence-corrected chi connectivity index (χ3v) is 10.5. The fraction of sp³-hybridized carbons (Fsp3) is 0.222. The largest absolute Gasteiger partial charge is 0.493 e. The van der Waals surface area contributed by atoms with Crippen LogP contribution in [0, 0.1) is 11.5 Å². The van der Waals surface area contributed by atoms with E-state index in [9.17, 15) is 18.5 Å². The van der Waals surface area contributed by atoms with Gasteiger partial charge >= 0.3 is 0 Å². The van der Waals surface area contributed by atoms with Crippen LogP contribution in [0.2, 0.25) is 0 Å². The van der Waals surface area contributed by atoms with Crippen molar-refractivity contribution in [2.75, 3.05) is 26.2 Å². The molecule has 4 aromatic carbocycles. The molecule has 6 aromatic rings. The molecule has 7 rings (SSSR count). The Morgan fingerprint density at radius 3 is 2.50 bits per heavy atom. The number of rotatable bonds is 9. The lowest BCUT2D eigenvalue weighted by Gasteiger charge is -2.38. The van der Waals surface area contributed by atoms with Crippen LogP contribution in [0.4, 0.5) is 0 Å². The van der Waals surface area contributed by atoms with E-state index in [1.54, 1.807) is 29.4 Å². The molecule has 1 fully saturated rings. The first-order chi connectivity index (χ1) is 23.4. The van der Waals surface area contributed by atoms with Crippen LogP contribution in [0.15, 0.2) is 107 Å². The van der Waals surface area contributed by atoms with Crippen LogP contribution in [-0.2, 0) is 16.6 Å². The molecule has 2 aromatic heterocycles. The molecule has 12 heteroatoms. The van der Waals surface area contributed by atoms with Crippen LogP contribution in [0.25, 0.3) is 33.3 Å². The maximum atomic E-state index is 14.3. The molecule has 48 heavy (non-hydrogen) atoms. The van der Waals surface area contributed by atoms with Crippen LogP contribution >= 0.6 is 0 Å². The molecule has 1 aliphatic heterocycles. The zero-order chi connectivity index (χ0) is 33.3. The van der Waals surface area contributed by atoms with Gasteiger partial charge in [-0.3, -0.25) is 4.79 Å². The summed E-state index contributed by atoms with van der Waals surface area (Å²) >= 11 is 0. The maximum absolute atomic E-state index is 14.3. The second-order valence-corrected chi connectivity index (χ2v) is 13.6. The van der Waals surface area contributed by atoms with Gasteiger partial charge in [0.25, 0.3) is 5.56 Å². The van der Waals surface area contributed by atoms with E-state index < -0.39 is 16.1 Å². The lowest BCUT2D eigenvalue weighted by Crippen LogP contribution is -2.49. The highest BCUT2D eigenvalue weighted by molar-refractivity contribution is 7.89. The molecule has 1 unspecified atom stereocenters. The van der Waals surface area contributed by atoms with Gasteiger partial charge in [-0.1, -0.05) is 67.6 Å². The van der Waals surface area contributed by atoms with Crippen molar-refractivity contribution >= 4 is 32.0 Å². The molecule has 1 atom stereocenters. The number of sulfonamides is 1. The number of imidazole rings is 1. The summed E-state index contributed by atoms with van der Waals surface area (Å²) in [4.78, 5) is 27.5. The third kappa shape index (κ3) is 5.90. The average Bonchev–Trinajstić information content (AvgIpc) is 3.51. The van der Waals surface area contributed by atoms with Gasteiger partial charge in [0.2, 0.25) is 10.0 Å². The first-order valence-electron chi connectivity index (χ1n) is 15.8. The molecule has 1 aliphatic rings. The summed E-state index contributed by atoms with van der Waals surface area (Å²) in [7, 11) is -4.05. The zero-order valence-electron chi connectivity index (χ0n) is 26.3. The van der Waals surface area contributed by atoms with Gasteiger partial charge < -0.3 is 19.2 Å². The normalized spacial score (nSPS) is 15.5. The number of aromatic nitrogens is 4. The Morgan fingerprint density at radius 2 is 1.75 bits per heavy atom. The van der Waals surface area contributed by atoms with Crippen LogP contribution < -0.4 is 10.3 Å². The van der Waals surface area contributed by atoms with Gasteiger partial charge in [0.1, 0.15) is 11.6 Å². The van der Waals surface area contributed by atoms with E-state index in [2.05, 4.69) is 16.2 Å². The zero-order valence-corrected chi connectivity index (χ0v) is 27.1. The Balaban J connectivity index is 1.30. The van der Waals surface area contributed by atoms with E-state index in [4.69, 9.17) is 9.72 Å². The van der Waals surface area contributed by atoms with Crippen molar-refractivity contribution in [2.45, 2.75) is 30.8 Å². The lowest BCUT2D eigenvalue weighted by molar-refractivity contribution is 0.184. The van der Waals surface area contributed by atoms with Crippen molar-refractivity contribution in [1.82, 2.24) is 28.7 Å². The van der Waals surface area contributed by atoms with Crippen molar-refractivity contribution in [3.05, 3.63) is 119 Å². The summed E-state index contributed by atoms with van der Waals surface area (Å²) < 4.78 is 38.1. The number of aromatic amines is 1. The van der Waals surface area contributed by atoms with Gasteiger partial charge in [-0.25, -0.2) is 18.4 Å². The number of hydrogen-bond acceptors (Lipinski definition) is 8. The van der Waals surface area contributed by atoms with Crippen molar-refractivity contribution in [3.63, 3.8) is 0 Å². The molecule has 1 N–H and O–H groups in total. The van der Waals surface area contributed by atoms with Gasteiger partial charge in [-0.15, -0.1) is 0 Å². The fourth-order valence-corrected chi connectivity index (χ4v) is 7.77. The molecule has 242 valence electrons. The van der Waals surface area contributed by atoms with Crippen LogP contribution in [0.1, 0.15) is 30.5 Å². The first kappa shape index (κ1) is 31.1. The van der Waals surface area contributed by atoms with Crippen LogP contribution in [0.5, 0.6) is 5.75 Å². The Hall–Kier alpha value is -5.51. The standard InChI is InChI=1S/C36H33N7O4S/c1-2-17-47-34-14-13-27(48(45,46)43-16-15-41(23-37)22-33(43)26-11-7-4-8-12-26)18-29(34)35-39-30-20-31-32(19-28(30)36(44)40-35)42(24-38-31)21-25-9-5-3-6-10-25/h3-14,18-20,24,33H,2,15-17,21-22H2,1H3,(H,39,40,44). The van der Waals surface area contributed by atoms with E-state index in [1.807, 2.05) is 72.2 Å². The van der Waals surface area contributed by atoms with Gasteiger partial charge in [0.05, 0.1) is 51.4 Å². The topological polar surface area (TPSA) is 137 Å². The minimum absolute atomic E-state index is 0.0329. The number of benzene rings is 4. The summed E-state index contributed by atoms with van der Waals surface area (Å²) in [6.07, 6.45) is 4.64. The predicted octanol–water partition coefficient (Wildman–Crippen LogP) is 5.31. The second-order valence-electron chi connectivity index (χ2n) is 11.7. The van der Waals surface area contributed by atoms with E-state index in [0.717, 1.165) is 23.1 Å². The number of hydrogen-bond donors (Lipinski definition) is 1. The number of nitriles is 1. The van der Waals surface area contributed by atoms with E-state index in [1.165, 1.54) is 16.4 Å². The molecular formula is C36H33N7O4S. The number of nitrogens with zero attached hydrogens (tertiary/aromatic N) is 6. The number of H-pyrrole nitrogens is 1. The van der Waals surface area contributed by atoms with E-state index >= 15 is 0 Å². The number of fused-ring (bicyclic) bond motifs is 2. The van der Waals surface area contributed by atoms with E-state index in [-0.39, 0.29) is 35.9 Å². The fourth-order valence-electron chi connectivity index (χ4n) is 6.14. The second kappa shape index (κ2) is 12.9. The van der Waals surface area contributed by atoms with Crippen molar-refractivity contribution in [3.8, 4) is 23.3 Å². The Kier molecular flexibility index (Phi) is 8.39. The van der Waals surface area contributed by atoms with Crippen LogP contribution in [-0.4, -0.2) is 63.4 Å². The summed E-state index contributed by atoms with van der Waals surface area (Å²) in [5.41, 5.74) is 3.80. The first-order valence-corrected chi connectivity index (χ1v) is 17.2. The summed E-state index contributed by atoms with van der Waals surface area (Å²) in [5, 5.41) is 9.99. The molecular weight excluding hydrogens is 627 g/mol. The summed E-state index contributed by atoms with van der Waals surface area (Å²) in [6.45, 7) is 3.61. The minimum Gasteiger partial charge on any atom is -0.493 e. The summed E-state index contributed by atoms with van der Waals surface area (Å²) in [6, 6.07) is 27.0. The molecule has 0 saturated carbocycles. The van der Waals surface area contributed by atoms with E-state index in [0.29, 0.717) is 40.9 Å². The smallest absolute Gasteiger partial charge is 0.259 e. The van der Waals surface area contributed by atoms with Gasteiger partial charge in [-0.2, -0.15) is 9.57 Å². The number of piperazine rings is 1. The number of ether oxygens (including phenoxy) is 1. The minimum atomic E-state index is -4.05. The Morgan fingerprint density at radius 1 is 0.979 bits per heavy atom. The molecule has 3 heterocycles. The molecule has 0 aliphatic carbocycles. The van der Waals surface area contributed by atoms with Gasteiger partial charge in [0, 0.05) is 26.2 Å². The molecule has 1 saturated heterocycles. The molecule has 0 spiro atoms. The molecule has 0 radical (unpaired) electrons. The predicted molar refractivity (Wildman–Crippen MR) is 183 cm³/mol. The molecule has 0 bridgehead atoms. The van der Waals surface area contributed by atoms with Crippen molar-refractivity contribution < 1.29 is 13.2 Å². The van der Waals surface area contributed by atoms with Crippen molar-refractivity contribution in [1.29, 1.82) is 5.26 Å². The quantitative estimate of drug-likeness (QED) is 0.206. The van der Waals surface area contributed by atoms with Crippen LogP contribution in [0.3, 0.4) is 0 Å². The SMILES string of the molecule is CCCOc1ccc(S(=O)(=O)N2CCN(C#N)CC2c2ccccc2)cc1-c1nc2cc3ncn(Cc4ccccc4)c3cc2c(=O)[nH]1. The third-order valence-electron chi connectivity index (χ3n) is 8.57. The monoisotopic (exact) mass is 659 g/mol. The highest BCUT2D eigenvalue weighted by atomic mass is 32.2. The maximum Gasteiger partial charge on any atom is 0.259 e. The number of nitrogens with one attached hydrogen (secondary N) is 1. The average molecular weight is 660 g/mol.